The molecule has 1 atom stereocenters. The molecule has 2 aromatic rings. The zero-order valence-electron chi connectivity index (χ0n) is 19.9. The molecule has 0 radical (unpaired) electrons. The zero-order chi connectivity index (χ0) is 23.3. The molecule has 0 N–H and O–H groups in total. The van der Waals surface area contributed by atoms with Crippen molar-refractivity contribution in [2.24, 2.45) is 5.92 Å². The van der Waals surface area contributed by atoms with E-state index in [1.165, 1.54) is 24.1 Å². The summed E-state index contributed by atoms with van der Waals surface area (Å²) in [6, 6.07) is 18.6. The minimum Gasteiger partial charge on any atom is -0.372 e. The first kappa shape index (κ1) is 22.9. The number of hydrogen-bond acceptors (Lipinski definition) is 5. The first-order valence-corrected chi connectivity index (χ1v) is 12.7. The van der Waals surface area contributed by atoms with Crippen molar-refractivity contribution in [1.29, 1.82) is 5.26 Å². The van der Waals surface area contributed by atoms with Crippen LogP contribution in [0.3, 0.4) is 0 Å². The maximum Gasteiger partial charge on any atom is 0.225 e. The predicted octanol–water partition coefficient (Wildman–Crippen LogP) is 3.97. The molecule has 0 spiro atoms. The molecule has 6 heteroatoms. The summed E-state index contributed by atoms with van der Waals surface area (Å²) in [4.78, 5) is 19.4. The summed E-state index contributed by atoms with van der Waals surface area (Å²) in [5, 5.41) is 9.06. The number of ether oxygens (including phenoxy) is 1. The minimum atomic E-state index is -0.0520. The molecule has 3 fully saturated rings. The number of carbonyl (C=O) groups excluding carboxylic acids is 1. The van der Waals surface area contributed by atoms with Crippen LogP contribution in [0.15, 0.2) is 48.5 Å². The summed E-state index contributed by atoms with van der Waals surface area (Å²) < 4.78 is 6.51. The van der Waals surface area contributed by atoms with Crippen molar-refractivity contribution < 1.29 is 9.53 Å². The van der Waals surface area contributed by atoms with Crippen LogP contribution in [0.1, 0.15) is 48.5 Å². The number of anilines is 1. The molecule has 1 amide bonds. The molecular formula is C28H34N4O2. The van der Waals surface area contributed by atoms with Crippen LogP contribution in [0.4, 0.5) is 5.69 Å². The lowest BCUT2D eigenvalue weighted by molar-refractivity contribution is -0.134. The Hall–Kier alpha value is -2.88. The van der Waals surface area contributed by atoms with Gasteiger partial charge in [0, 0.05) is 57.4 Å². The standard InChI is InChI=1S/C28H34N4O2/c29-19-22-6-8-23(9-7-22)21-34-27(25-4-3-5-26(18-25)31-12-1-2-13-31)20-30-14-16-32(17-15-30)28(33)24-10-11-24/h3-9,18,24,27H,1-2,10-17,20-21H2. The van der Waals surface area contributed by atoms with Gasteiger partial charge in [-0.2, -0.15) is 5.26 Å². The molecule has 0 bridgehead atoms. The molecule has 5 rings (SSSR count). The first-order chi connectivity index (χ1) is 16.7. The molecule has 1 saturated carbocycles. The Kier molecular flexibility index (Phi) is 7.13. The monoisotopic (exact) mass is 458 g/mol. The third-order valence-corrected chi connectivity index (χ3v) is 7.28. The number of benzene rings is 2. The molecule has 2 heterocycles. The Bertz CT molecular complexity index is 1010. The van der Waals surface area contributed by atoms with Crippen LogP contribution in [0.5, 0.6) is 0 Å². The van der Waals surface area contributed by atoms with Crippen molar-refractivity contribution in [3.63, 3.8) is 0 Å². The van der Waals surface area contributed by atoms with E-state index in [-0.39, 0.29) is 6.10 Å². The molecule has 3 aliphatic rings. The second kappa shape index (κ2) is 10.6. The number of rotatable bonds is 8. The largest absolute Gasteiger partial charge is 0.372 e. The summed E-state index contributed by atoms with van der Waals surface area (Å²) in [5.41, 5.74) is 4.22. The molecule has 1 unspecified atom stereocenters. The minimum absolute atomic E-state index is 0.0520. The Morgan fingerprint density at radius 1 is 1.00 bits per heavy atom. The van der Waals surface area contributed by atoms with Crippen LogP contribution in [-0.4, -0.2) is 61.5 Å². The van der Waals surface area contributed by atoms with Crippen molar-refractivity contribution in [2.45, 2.75) is 38.4 Å². The number of hydrogen-bond donors (Lipinski definition) is 0. The lowest BCUT2D eigenvalue weighted by Crippen LogP contribution is -2.50. The van der Waals surface area contributed by atoms with Gasteiger partial charge in [0.05, 0.1) is 24.3 Å². The lowest BCUT2D eigenvalue weighted by atomic mass is 10.1. The highest BCUT2D eigenvalue weighted by molar-refractivity contribution is 5.81. The summed E-state index contributed by atoms with van der Waals surface area (Å²) in [7, 11) is 0. The van der Waals surface area contributed by atoms with Crippen LogP contribution in [0.25, 0.3) is 0 Å². The van der Waals surface area contributed by atoms with Gasteiger partial charge >= 0.3 is 0 Å². The number of carbonyl (C=O) groups is 1. The highest BCUT2D eigenvalue weighted by Crippen LogP contribution is 2.32. The zero-order valence-corrected chi connectivity index (χ0v) is 19.9. The SMILES string of the molecule is N#Cc1ccc(COC(CN2CCN(C(=O)C3CC3)CC2)c2cccc(N3CCCC3)c2)cc1. The maximum absolute atomic E-state index is 12.4. The van der Waals surface area contributed by atoms with Crippen molar-refractivity contribution in [2.75, 3.05) is 50.7 Å². The van der Waals surface area contributed by atoms with Crippen LogP contribution in [0, 0.1) is 17.2 Å². The number of piperazine rings is 1. The van der Waals surface area contributed by atoms with E-state index in [2.05, 4.69) is 45.0 Å². The second-order valence-corrected chi connectivity index (χ2v) is 9.80. The van der Waals surface area contributed by atoms with Crippen LogP contribution in [0.2, 0.25) is 0 Å². The first-order valence-electron chi connectivity index (χ1n) is 12.7. The molecule has 2 saturated heterocycles. The molecule has 34 heavy (non-hydrogen) atoms. The Labute approximate surface area is 202 Å². The van der Waals surface area contributed by atoms with Gasteiger partial charge in [-0.25, -0.2) is 0 Å². The average Bonchev–Trinajstić information content (AvgIpc) is 3.60. The van der Waals surface area contributed by atoms with E-state index < -0.39 is 0 Å². The van der Waals surface area contributed by atoms with E-state index in [4.69, 9.17) is 10.00 Å². The van der Waals surface area contributed by atoms with Crippen molar-refractivity contribution in [3.05, 3.63) is 65.2 Å². The highest BCUT2D eigenvalue weighted by atomic mass is 16.5. The molecule has 2 aromatic carbocycles. The van der Waals surface area contributed by atoms with E-state index >= 15 is 0 Å². The molecular weight excluding hydrogens is 424 g/mol. The number of amides is 1. The van der Waals surface area contributed by atoms with Crippen molar-refractivity contribution in [3.8, 4) is 6.07 Å². The van der Waals surface area contributed by atoms with E-state index in [1.807, 2.05) is 24.3 Å². The molecule has 2 aliphatic heterocycles. The van der Waals surface area contributed by atoms with Crippen molar-refractivity contribution in [1.82, 2.24) is 9.80 Å². The van der Waals surface area contributed by atoms with Gasteiger partial charge in [-0.1, -0.05) is 24.3 Å². The van der Waals surface area contributed by atoms with E-state index in [0.29, 0.717) is 24.0 Å². The van der Waals surface area contributed by atoms with Gasteiger partial charge < -0.3 is 14.5 Å². The second-order valence-electron chi connectivity index (χ2n) is 9.80. The fraction of sp³-hybridized carbons (Fsp3) is 0.500. The van der Waals surface area contributed by atoms with Crippen LogP contribution >= 0.6 is 0 Å². The lowest BCUT2D eigenvalue weighted by Gasteiger charge is -2.36. The molecule has 0 aromatic heterocycles. The fourth-order valence-electron chi connectivity index (χ4n) is 5.00. The van der Waals surface area contributed by atoms with E-state index in [1.54, 1.807) is 0 Å². The van der Waals surface area contributed by atoms with Gasteiger partial charge in [-0.05, 0) is 61.1 Å². The molecule has 6 nitrogen and oxygen atoms in total. The van der Waals surface area contributed by atoms with Gasteiger partial charge in [-0.3, -0.25) is 9.69 Å². The van der Waals surface area contributed by atoms with Gasteiger partial charge in [0.25, 0.3) is 0 Å². The van der Waals surface area contributed by atoms with E-state index in [0.717, 1.165) is 64.2 Å². The molecule has 178 valence electrons. The average molecular weight is 459 g/mol. The van der Waals surface area contributed by atoms with E-state index in [9.17, 15) is 4.79 Å². The van der Waals surface area contributed by atoms with Gasteiger partial charge in [0.1, 0.15) is 0 Å². The summed E-state index contributed by atoms with van der Waals surface area (Å²) in [5.74, 6) is 0.648. The van der Waals surface area contributed by atoms with Gasteiger partial charge in [-0.15, -0.1) is 0 Å². The topological polar surface area (TPSA) is 59.8 Å². The number of nitriles is 1. The van der Waals surface area contributed by atoms with Crippen LogP contribution < -0.4 is 4.90 Å². The summed E-state index contributed by atoms with van der Waals surface area (Å²) in [6.07, 6.45) is 4.60. The highest BCUT2D eigenvalue weighted by Gasteiger charge is 2.35. The third-order valence-electron chi connectivity index (χ3n) is 7.28. The smallest absolute Gasteiger partial charge is 0.225 e. The Morgan fingerprint density at radius 2 is 1.74 bits per heavy atom. The van der Waals surface area contributed by atoms with Crippen molar-refractivity contribution >= 4 is 11.6 Å². The van der Waals surface area contributed by atoms with Gasteiger partial charge in [0.15, 0.2) is 0 Å². The normalized spacial score (nSPS) is 19.7. The number of nitrogens with zero attached hydrogens (tertiary/aromatic N) is 4. The van der Waals surface area contributed by atoms with Crippen LogP contribution in [-0.2, 0) is 16.1 Å². The fourth-order valence-corrected chi connectivity index (χ4v) is 5.00. The van der Waals surface area contributed by atoms with Gasteiger partial charge in [0.2, 0.25) is 5.91 Å². The Balaban J connectivity index is 1.27. The third kappa shape index (κ3) is 5.60. The maximum atomic E-state index is 12.4. The quantitative estimate of drug-likeness (QED) is 0.599. The predicted molar refractivity (Wildman–Crippen MR) is 132 cm³/mol. The molecule has 1 aliphatic carbocycles. The summed E-state index contributed by atoms with van der Waals surface area (Å²) in [6.45, 7) is 6.96. The Morgan fingerprint density at radius 3 is 2.41 bits per heavy atom. The summed E-state index contributed by atoms with van der Waals surface area (Å²) >= 11 is 0.